The van der Waals surface area contributed by atoms with Gasteiger partial charge in [0, 0.05) is 30.1 Å². The van der Waals surface area contributed by atoms with Crippen LogP contribution in [-0.2, 0) is 0 Å². The largest absolute Gasteiger partial charge is 0.347 e. The van der Waals surface area contributed by atoms with Crippen molar-refractivity contribution >= 4 is 28.0 Å². The fraction of sp³-hybridized carbons (Fsp3) is 0.500. The number of imidazole rings is 1. The molecule has 140 valence electrons. The first-order chi connectivity index (χ1) is 13.1. The topological polar surface area (TPSA) is 99.4 Å². The third-order valence-corrected chi connectivity index (χ3v) is 5.42. The SMILES string of the molecule is CC(C)NC(=O)c1nc2cnc3[nH]ccc3c2n1C1CCC(CC#N)CC1. The molecule has 7 nitrogen and oxygen atoms in total. The summed E-state index contributed by atoms with van der Waals surface area (Å²) in [5.74, 6) is 0.768. The van der Waals surface area contributed by atoms with Crippen molar-refractivity contribution in [3.8, 4) is 6.07 Å². The summed E-state index contributed by atoms with van der Waals surface area (Å²) in [7, 11) is 0. The lowest BCUT2D eigenvalue weighted by Gasteiger charge is -2.29. The third kappa shape index (κ3) is 3.16. The number of hydrogen-bond donors (Lipinski definition) is 2. The van der Waals surface area contributed by atoms with Crippen molar-refractivity contribution in [1.29, 1.82) is 5.26 Å². The molecule has 3 heterocycles. The van der Waals surface area contributed by atoms with Crippen LogP contribution in [-0.4, -0.2) is 31.5 Å². The number of hydrogen-bond acceptors (Lipinski definition) is 4. The molecule has 1 aliphatic rings. The van der Waals surface area contributed by atoms with Crippen LogP contribution >= 0.6 is 0 Å². The summed E-state index contributed by atoms with van der Waals surface area (Å²) < 4.78 is 2.12. The van der Waals surface area contributed by atoms with Gasteiger partial charge in [-0.3, -0.25) is 4.79 Å². The second-order valence-electron chi connectivity index (χ2n) is 7.70. The highest BCUT2D eigenvalue weighted by Crippen LogP contribution is 2.37. The minimum Gasteiger partial charge on any atom is -0.347 e. The minimum absolute atomic E-state index is 0.0440. The molecule has 1 saturated carbocycles. The zero-order valence-corrected chi connectivity index (χ0v) is 15.7. The van der Waals surface area contributed by atoms with Gasteiger partial charge in [-0.05, 0) is 51.5 Å². The number of fused-ring (bicyclic) bond motifs is 3. The van der Waals surface area contributed by atoms with Gasteiger partial charge in [-0.15, -0.1) is 0 Å². The Hall–Kier alpha value is -2.88. The Labute approximate surface area is 157 Å². The summed E-state index contributed by atoms with van der Waals surface area (Å²) >= 11 is 0. The Bertz CT molecular complexity index is 1020. The Morgan fingerprint density at radius 2 is 2.19 bits per heavy atom. The summed E-state index contributed by atoms with van der Waals surface area (Å²) in [6.07, 6.45) is 8.13. The van der Waals surface area contributed by atoms with Gasteiger partial charge in [0.1, 0.15) is 11.2 Å². The van der Waals surface area contributed by atoms with E-state index in [1.54, 1.807) is 6.20 Å². The first-order valence-electron chi connectivity index (χ1n) is 9.60. The van der Waals surface area contributed by atoms with E-state index in [9.17, 15) is 4.79 Å². The molecule has 0 aromatic carbocycles. The van der Waals surface area contributed by atoms with Crippen LogP contribution in [0.25, 0.3) is 22.1 Å². The highest BCUT2D eigenvalue weighted by atomic mass is 16.2. The van der Waals surface area contributed by atoms with Gasteiger partial charge in [0.05, 0.1) is 17.8 Å². The third-order valence-electron chi connectivity index (χ3n) is 5.42. The van der Waals surface area contributed by atoms with Crippen LogP contribution in [0.15, 0.2) is 18.5 Å². The molecule has 27 heavy (non-hydrogen) atoms. The number of nitriles is 1. The average Bonchev–Trinajstić information content (AvgIpc) is 3.26. The molecule has 7 heteroatoms. The molecule has 0 aliphatic heterocycles. The van der Waals surface area contributed by atoms with Crippen LogP contribution in [0.4, 0.5) is 0 Å². The van der Waals surface area contributed by atoms with Crippen molar-refractivity contribution < 1.29 is 4.79 Å². The van der Waals surface area contributed by atoms with Crippen molar-refractivity contribution in [2.45, 2.75) is 58.0 Å². The van der Waals surface area contributed by atoms with E-state index < -0.39 is 0 Å². The van der Waals surface area contributed by atoms with Gasteiger partial charge in [-0.2, -0.15) is 5.26 Å². The second kappa shape index (κ2) is 7.03. The maximum absolute atomic E-state index is 12.9. The van der Waals surface area contributed by atoms with Crippen molar-refractivity contribution in [3.63, 3.8) is 0 Å². The number of nitrogens with one attached hydrogen (secondary N) is 2. The quantitative estimate of drug-likeness (QED) is 0.737. The van der Waals surface area contributed by atoms with Gasteiger partial charge >= 0.3 is 0 Å². The summed E-state index contributed by atoms with van der Waals surface area (Å²) in [6, 6.07) is 4.54. The molecule has 1 fully saturated rings. The Kier molecular flexibility index (Phi) is 4.56. The molecule has 0 bridgehead atoms. The normalized spacial score (nSPS) is 20.2. The van der Waals surface area contributed by atoms with Crippen LogP contribution < -0.4 is 5.32 Å². The van der Waals surface area contributed by atoms with Crippen LogP contribution in [0.3, 0.4) is 0 Å². The van der Waals surface area contributed by atoms with E-state index >= 15 is 0 Å². The number of carbonyl (C=O) groups is 1. The Morgan fingerprint density at radius 1 is 1.41 bits per heavy atom. The van der Waals surface area contributed by atoms with Gasteiger partial charge in [-0.25, -0.2) is 9.97 Å². The van der Waals surface area contributed by atoms with E-state index in [1.165, 1.54) is 0 Å². The van der Waals surface area contributed by atoms with E-state index in [0.29, 0.717) is 18.2 Å². The van der Waals surface area contributed by atoms with Crippen molar-refractivity contribution in [1.82, 2.24) is 24.8 Å². The fourth-order valence-electron chi connectivity index (χ4n) is 4.17. The molecule has 1 amide bonds. The van der Waals surface area contributed by atoms with Gasteiger partial charge in [-0.1, -0.05) is 0 Å². The van der Waals surface area contributed by atoms with Crippen LogP contribution in [0.2, 0.25) is 0 Å². The van der Waals surface area contributed by atoms with E-state index in [2.05, 4.69) is 30.9 Å². The van der Waals surface area contributed by atoms with Crippen molar-refractivity contribution in [2.75, 3.05) is 0 Å². The van der Waals surface area contributed by atoms with Crippen LogP contribution in [0.5, 0.6) is 0 Å². The number of aromatic nitrogens is 4. The van der Waals surface area contributed by atoms with Crippen LogP contribution in [0, 0.1) is 17.2 Å². The zero-order valence-electron chi connectivity index (χ0n) is 15.7. The number of carbonyl (C=O) groups excluding carboxylic acids is 1. The molecular formula is C20H24N6O. The predicted octanol–water partition coefficient (Wildman–Crippen LogP) is 3.70. The molecule has 0 radical (unpaired) electrons. The molecule has 0 atom stereocenters. The molecule has 4 rings (SSSR count). The number of H-pyrrole nitrogens is 1. The van der Waals surface area contributed by atoms with E-state index in [-0.39, 0.29) is 18.0 Å². The lowest BCUT2D eigenvalue weighted by atomic mass is 9.84. The summed E-state index contributed by atoms with van der Waals surface area (Å²) in [5, 5.41) is 12.9. The highest BCUT2D eigenvalue weighted by molar-refractivity contribution is 6.04. The molecule has 0 spiro atoms. The van der Waals surface area contributed by atoms with Gasteiger partial charge in [0.25, 0.3) is 5.91 Å². The van der Waals surface area contributed by atoms with Gasteiger partial charge in [0.2, 0.25) is 0 Å². The number of rotatable bonds is 4. The maximum atomic E-state index is 12.9. The zero-order chi connectivity index (χ0) is 19.0. The van der Waals surface area contributed by atoms with Crippen molar-refractivity contribution in [2.24, 2.45) is 5.92 Å². The first kappa shape index (κ1) is 17.5. The molecule has 3 aromatic heterocycles. The number of amides is 1. The van der Waals surface area contributed by atoms with E-state index in [4.69, 9.17) is 5.26 Å². The highest BCUT2D eigenvalue weighted by Gasteiger charge is 2.29. The molecule has 3 aromatic rings. The maximum Gasteiger partial charge on any atom is 0.287 e. The number of nitrogens with zero attached hydrogens (tertiary/aromatic N) is 4. The van der Waals surface area contributed by atoms with Gasteiger partial charge < -0.3 is 14.9 Å². The van der Waals surface area contributed by atoms with Crippen molar-refractivity contribution in [3.05, 3.63) is 24.3 Å². The number of pyridine rings is 1. The predicted molar refractivity (Wildman–Crippen MR) is 103 cm³/mol. The van der Waals surface area contributed by atoms with E-state index in [0.717, 1.165) is 47.8 Å². The first-order valence-corrected chi connectivity index (χ1v) is 9.60. The molecule has 2 N–H and O–H groups in total. The van der Waals surface area contributed by atoms with E-state index in [1.807, 2.05) is 26.1 Å². The van der Waals surface area contributed by atoms with Gasteiger partial charge in [0.15, 0.2) is 5.82 Å². The molecular weight excluding hydrogens is 340 g/mol. The average molecular weight is 364 g/mol. The van der Waals surface area contributed by atoms with Crippen LogP contribution in [0.1, 0.15) is 62.6 Å². The number of aromatic amines is 1. The standard InChI is InChI=1S/C20H24N6O/c1-12(2)24-20(27)19-25-16-11-23-18-15(8-10-22-18)17(16)26(19)14-5-3-13(4-6-14)7-9-21/h8,10-14H,3-7H2,1-2H3,(H,22,23)(H,24,27). The summed E-state index contributed by atoms with van der Waals surface area (Å²) in [5.41, 5.74) is 2.52. The summed E-state index contributed by atoms with van der Waals surface area (Å²) in [6.45, 7) is 3.90. The monoisotopic (exact) mass is 364 g/mol. The Balaban J connectivity index is 1.81. The summed E-state index contributed by atoms with van der Waals surface area (Å²) in [4.78, 5) is 25.1. The second-order valence-corrected chi connectivity index (χ2v) is 7.70. The minimum atomic E-state index is -0.149. The smallest absolute Gasteiger partial charge is 0.287 e. The molecule has 0 unspecified atom stereocenters. The lowest BCUT2D eigenvalue weighted by Crippen LogP contribution is -2.33. The molecule has 0 saturated heterocycles. The molecule has 1 aliphatic carbocycles. The Morgan fingerprint density at radius 3 is 2.89 bits per heavy atom. The lowest BCUT2D eigenvalue weighted by molar-refractivity contribution is 0.0924. The fourth-order valence-corrected chi connectivity index (χ4v) is 4.17.